The van der Waals surface area contributed by atoms with Crippen molar-refractivity contribution < 1.29 is 28.3 Å². The third-order valence-electron chi connectivity index (χ3n) is 6.11. The lowest BCUT2D eigenvalue weighted by molar-refractivity contribution is -0.140. The number of aliphatic carboxylic acids is 1. The van der Waals surface area contributed by atoms with E-state index in [2.05, 4.69) is 10.1 Å². The minimum Gasteiger partial charge on any atom is -0.479 e. The monoisotopic (exact) mass is 563 g/mol. The van der Waals surface area contributed by atoms with Crippen LogP contribution in [0.15, 0.2) is 96.4 Å². The fraction of sp³-hybridized carbons (Fsp3) is 0.179. The molecule has 11 heteroatoms. The Kier molecular flexibility index (Phi) is 8.30. The highest BCUT2D eigenvalue weighted by atomic mass is 32.1. The van der Waals surface area contributed by atoms with Crippen LogP contribution >= 0.6 is 19.1 Å². The second-order valence-corrected chi connectivity index (χ2v) is 11.5. The molecule has 9 nitrogen and oxygen atoms in total. The second-order valence-electron chi connectivity index (χ2n) is 8.89. The second kappa shape index (κ2) is 12.0. The van der Waals surface area contributed by atoms with Gasteiger partial charge in [-0.3, -0.25) is 18.7 Å². The molecule has 2 heterocycles. The first-order valence-corrected chi connectivity index (χ1v) is 14.6. The number of thiazole rings is 1. The van der Waals surface area contributed by atoms with Crippen LogP contribution in [0.4, 0.5) is 5.13 Å². The van der Waals surface area contributed by atoms with E-state index in [1.165, 1.54) is 11.3 Å². The lowest BCUT2D eigenvalue weighted by atomic mass is 10.0. The molecular weight excluding hydrogens is 537 g/mol. The van der Waals surface area contributed by atoms with Gasteiger partial charge in [0.1, 0.15) is 6.04 Å². The third-order valence-corrected chi connectivity index (χ3v) is 8.53. The number of carboxylic acids is 1. The lowest BCUT2D eigenvalue weighted by Crippen LogP contribution is -2.49. The zero-order valence-electron chi connectivity index (χ0n) is 20.8. The first-order chi connectivity index (χ1) is 18.9. The summed E-state index contributed by atoms with van der Waals surface area (Å²) in [5, 5.41) is 14.6. The molecule has 2 bridgehead atoms. The van der Waals surface area contributed by atoms with E-state index in [0.717, 1.165) is 21.6 Å². The van der Waals surface area contributed by atoms with Crippen LogP contribution < -0.4 is 9.99 Å². The van der Waals surface area contributed by atoms with Crippen LogP contribution in [0.5, 0.6) is 0 Å². The predicted molar refractivity (Wildman–Crippen MR) is 147 cm³/mol. The zero-order valence-corrected chi connectivity index (χ0v) is 22.5. The Morgan fingerprint density at radius 3 is 1.92 bits per heavy atom. The molecule has 1 aliphatic heterocycles. The molecule has 5 rings (SSSR count). The van der Waals surface area contributed by atoms with Gasteiger partial charge >= 0.3 is 13.7 Å². The van der Waals surface area contributed by atoms with E-state index in [0.29, 0.717) is 0 Å². The highest BCUT2D eigenvalue weighted by molar-refractivity contribution is 7.51. The van der Waals surface area contributed by atoms with Gasteiger partial charge in [-0.1, -0.05) is 91.0 Å². The maximum atomic E-state index is 14.2. The molecular formula is C28H26N3O6PS. The summed E-state index contributed by atoms with van der Waals surface area (Å²) in [6.45, 7) is -0.0495. The standard InChI is InChI=1S/C28H26N3O6PS/c32-26(31-25(27(33)34)24-19-39-28(31)29-24)23(16-20-10-4-1-5-11-20)30-38(35,36-17-21-12-6-2-7-13-21)37-18-22-14-8-3-9-15-22/h1-15,19,23,25H,16-18H2,(H,30,35)(H,33,34). The number of hydrogen-bond donors (Lipinski definition) is 2. The van der Waals surface area contributed by atoms with Crippen LogP contribution in [0, 0.1) is 0 Å². The summed E-state index contributed by atoms with van der Waals surface area (Å²) in [5.74, 6) is -1.79. The molecule has 1 aliphatic rings. The number of nitrogens with zero attached hydrogens (tertiary/aromatic N) is 2. The molecule has 0 radical (unpaired) electrons. The number of amides is 1. The number of anilines is 1. The van der Waals surface area contributed by atoms with Crippen molar-refractivity contribution in [1.82, 2.24) is 10.1 Å². The first-order valence-electron chi connectivity index (χ1n) is 12.2. The normalized spacial score (nSPS) is 15.3. The van der Waals surface area contributed by atoms with E-state index in [-0.39, 0.29) is 30.5 Å². The van der Waals surface area contributed by atoms with E-state index in [9.17, 15) is 19.3 Å². The van der Waals surface area contributed by atoms with Gasteiger partial charge in [0.05, 0.1) is 18.9 Å². The van der Waals surface area contributed by atoms with Gasteiger partial charge < -0.3 is 5.11 Å². The van der Waals surface area contributed by atoms with Crippen LogP contribution in [0.3, 0.4) is 0 Å². The van der Waals surface area contributed by atoms with E-state index < -0.39 is 31.7 Å². The number of benzene rings is 3. The molecule has 2 atom stereocenters. The summed E-state index contributed by atoms with van der Waals surface area (Å²) in [7, 11) is -4.10. The lowest BCUT2D eigenvalue weighted by Gasteiger charge is -2.30. The van der Waals surface area contributed by atoms with Gasteiger partial charge in [0, 0.05) is 5.38 Å². The molecule has 2 N–H and O–H groups in total. The molecule has 200 valence electrons. The van der Waals surface area contributed by atoms with Gasteiger partial charge in [-0.2, -0.15) is 0 Å². The number of carbonyl (C=O) groups is 2. The van der Waals surface area contributed by atoms with Crippen molar-refractivity contribution >= 4 is 36.1 Å². The van der Waals surface area contributed by atoms with Crippen LogP contribution in [0.25, 0.3) is 0 Å². The summed E-state index contributed by atoms with van der Waals surface area (Å²) in [4.78, 5) is 31.4. The fourth-order valence-electron chi connectivity index (χ4n) is 4.19. The Morgan fingerprint density at radius 2 is 1.41 bits per heavy atom. The van der Waals surface area contributed by atoms with Gasteiger partial charge in [0.15, 0.2) is 11.2 Å². The zero-order chi connectivity index (χ0) is 27.2. The van der Waals surface area contributed by atoms with Gasteiger partial charge in [-0.05, 0) is 23.1 Å². The number of hydrogen-bond acceptors (Lipinski definition) is 7. The SMILES string of the molecule is O=C(O)C1c2csc(n2)N1C(=O)C(Cc1ccccc1)NP(=O)(OCc1ccccc1)OCc1ccccc1. The first kappa shape index (κ1) is 26.9. The number of carbonyl (C=O) groups excluding carboxylic acids is 1. The molecule has 0 saturated carbocycles. The topological polar surface area (TPSA) is 118 Å². The summed E-state index contributed by atoms with van der Waals surface area (Å²) >= 11 is 1.18. The Bertz CT molecular complexity index is 1420. The van der Waals surface area contributed by atoms with Crippen LogP contribution in [0.1, 0.15) is 28.4 Å². The number of rotatable bonds is 12. The molecule has 0 saturated heterocycles. The van der Waals surface area contributed by atoms with Crippen molar-refractivity contribution in [1.29, 1.82) is 0 Å². The van der Waals surface area contributed by atoms with Crippen LogP contribution in [0.2, 0.25) is 0 Å². The van der Waals surface area contributed by atoms with Gasteiger partial charge in [0.2, 0.25) is 5.91 Å². The Balaban J connectivity index is 1.44. The minimum atomic E-state index is -4.10. The maximum absolute atomic E-state index is 14.2. The molecule has 0 spiro atoms. The van der Waals surface area contributed by atoms with Crippen molar-refractivity contribution in [3.8, 4) is 0 Å². The minimum absolute atomic E-state index is 0.0247. The van der Waals surface area contributed by atoms with Crippen molar-refractivity contribution in [2.45, 2.75) is 31.7 Å². The number of nitrogens with one attached hydrogen (secondary N) is 1. The van der Waals surface area contributed by atoms with Crippen molar-refractivity contribution in [3.05, 3.63) is 119 Å². The number of fused-ring (bicyclic) bond motifs is 2. The van der Waals surface area contributed by atoms with Crippen LogP contribution in [-0.2, 0) is 42.8 Å². The number of carboxylic acid groups (broad SMARTS) is 1. The highest BCUT2D eigenvalue weighted by Gasteiger charge is 2.45. The number of aromatic nitrogens is 1. The molecule has 0 aliphatic carbocycles. The molecule has 1 aromatic heterocycles. The maximum Gasteiger partial charge on any atom is 0.406 e. The molecule has 39 heavy (non-hydrogen) atoms. The summed E-state index contributed by atoms with van der Waals surface area (Å²) in [6, 6.07) is 25.2. The Labute approximate surface area is 229 Å². The van der Waals surface area contributed by atoms with Crippen molar-refractivity contribution in [2.24, 2.45) is 0 Å². The third kappa shape index (κ3) is 6.50. The Hall–Kier alpha value is -3.66. The molecule has 1 amide bonds. The quantitative estimate of drug-likeness (QED) is 0.221. The van der Waals surface area contributed by atoms with E-state index in [1.807, 2.05) is 91.0 Å². The van der Waals surface area contributed by atoms with Crippen molar-refractivity contribution in [2.75, 3.05) is 4.90 Å². The molecule has 3 aromatic carbocycles. The van der Waals surface area contributed by atoms with Crippen molar-refractivity contribution in [3.63, 3.8) is 0 Å². The summed E-state index contributed by atoms with van der Waals surface area (Å²) in [6.07, 6.45) is 0.118. The van der Waals surface area contributed by atoms with E-state index in [1.54, 1.807) is 5.38 Å². The summed E-state index contributed by atoms with van der Waals surface area (Å²) < 4.78 is 25.9. The Morgan fingerprint density at radius 1 is 0.897 bits per heavy atom. The fourth-order valence-corrected chi connectivity index (χ4v) is 6.51. The molecule has 4 aromatic rings. The van der Waals surface area contributed by atoms with Crippen LogP contribution in [-0.4, -0.2) is 28.0 Å². The average molecular weight is 564 g/mol. The van der Waals surface area contributed by atoms with E-state index >= 15 is 0 Å². The van der Waals surface area contributed by atoms with Gasteiger partial charge in [-0.25, -0.2) is 19.4 Å². The predicted octanol–water partition coefficient (Wildman–Crippen LogP) is 5.36. The largest absolute Gasteiger partial charge is 0.479 e. The summed E-state index contributed by atoms with van der Waals surface area (Å²) in [5.41, 5.74) is 2.62. The smallest absolute Gasteiger partial charge is 0.406 e. The van der Waals surface area contributed by atoms with Gasteiger partial charge in [-0.15, -0.1) is 11.3 Å². The van der Waals surface area contributed by atoms with Gasteiger partial charge in [0.25, 0.3) is 0 Å². The molecule has 2 unspecified atom stereocenters. The molecule has 0 fully saturated rings. The average Bonchev–Trinajstić information content (AvgIpc) is 3.59. The van der Waals surface area contributed by atoms with E-state index in [4.69, 9.17) is 9.05 Å². The highest BCUT2D eigenvalue weighted by Crippen LogP contribution is 2.47.